The van der Waals surface area contributed by atoms with Crippen LogP contribution in [-0.4, -0.2) is 24.9 Å². The van der Waals surface area contributed by atoms with Crippen LogP contribution >= 0.6 is 11.6 Å². The maximum Gasteiger partial charge on any atom is 0.243 e. The number of rotatable bonds is 5. The van der Waals surface area contributed by atoms with Gasteiger partial charge in [-0.05, 0) is 61.4 Å². The molecule has 5 nitrogen and oxygen atoms in total. The number of nitrogens with zero attached hydrogens (tertiary/aromatic N) is 1. The Morgan fingerprint density at radius 3 is 2.60 bits per heavy atom. The van der Waals surface area contributed by atoms with Gasteiger partial charge in [-0.1, -0.05) is 11.6 Å². The van der Waals surface area contributed by atoms with Gasteiger partial charge in [0.05, 0.1) is 6.54 Å². The van der Waals surface area contributed by atoms with Crippen LogP contribution in [0.5, 0.6) is 0 Å². The molecule has 2 aromatic rings. The quantitative estimate of drug-likeness (QED) is 0.855. The van der Waals surface area contributed by atoms with E-state index in [0.717, 1.165) is 29.9 Å². The number of hydrogen-bond donors (Lipinski definition) is 2. The summed E-state index contributed by atoms with van der Waals surface area (Å²) in [6.07, 6.45) is 1.50. The van der Waals surface area contributed by atoms with Gasteiger partial charge >= 0.3 is 0 Å². The highest BCUT2D eigenvalue weighted by Crippen LogP contribution is 2.23. The molecule has 1 saturated heterocycles. The van der Waals surface area contributed by atoms with E-state index in [1.165, 1.54) is 0 Å². The van der Waals surface area contributed by atoms with E-state index in [1.54, 1.807) is 11.0 Å². The lowest BCUT2D eigenvalue weighted by molar-refractivity contribution is -0.117. The van der Waals surface area contributed by atoms with Gasteiger partial charge in [0.15, 0.2) is 0 Å². The topological polar surface area (TPSA) is 61.4 Å². The second-order valence-electron chi connectivity index (χ2n) is 6.06. The normalized spacial score (nSPS) is 13.8. The Morgan fingerprint density at radius 1 is 1.20 bits per heavy atom. The first-order valence-electron chi connectivity index (χ1n) is 8.23. The first-order valence-corrected chi connectivity index (χ1v) is 8.61. The Labute approximate surface area is 152 Å². The molecule has 0 spiro atoms. The maximum atomic E-state index is 12.1. The standard InChI is InChI=1S/C19H20ClN3O2/c1-13-11-14(20)4-9-17(13)21-12-18(24)22-15-5-7-16(8-6-15)23-10-2-3-19(23)25/h4-9,11,21H,2-3,10,12H2,1H3,(H,22,24). The summed E-state index contributed by atoms with van der Waals surface area (Å²) in [6.45, 7) is 2.86. The smallest absolute Gasteiger partial charge is 0.243 e. The third kappa shape index (κ3) is 4.31. The van der Waals surface area contributed by atoms with Crippen molar-refractivity contribution >= 4 is 40.5 Å². The molecule has 0 aliphatic carbocycles. The number of nitrogens with one attached hydrogen (secondary N) is 2. The van der Waals surface area contributed by atoms with E-state index in [1.807, 2.05) is 43.3 Å². The van der Waals surface area contributed by atoms with Gasteiger partial charge in [0, 0.05) is 35.1 Å². The third-order valence-corrected chi connectivity index (χ3v) is 4.40. The van der Waals surface area contributed by atoms with Gasteiger partial charge in [-0.3, -0.25) is 9.59 Å². The van der Waals surface area contributed by atoms with E-state index in [2.05, 4.69) is 10.6 Å². The molecule has 0 atom stereocenters. The summed E-state index contributed by atoms with van der Waals surface area (Å²) in [4.78, 5) is 25.6. The van der Waals surface area contributed by atoms with Crippen LogP contribution in [0.2, 0.25) is 5.02 Å². The van der Waals surface area contributed by atoms with Crippen LogP contribution in [0, 0.1) is 6.92 Å². The Hall–Kier alpha value is -2.53. The van der Waals surface area contributed by atoms with E-state index >= 15 is 0 Å². The molecule has 0 aromatic heterocycles. The van der Waals surface area contributed by atoms with Gasteiger partial charge in [-0.15, -0.1) is 0 Å². The van der Waals surface area contributed by atoms with Crippen molar-refractivity contribution in [3.63, 3.8) is 0 Å². The van der Waals surface area contributed by atoms with Crippen molar-refractivity contribution in [2.45, 2.75) is 19.8 Å². The molecule has 2 amide bonds. The Balaban J connectivity index is 1.55. The fourth-order valence-corrected chi connectivity index (χ4v) is 3.08. The molecule has 0 unspecified atom stereocenters. The van der Waals surface area contributed by atoms with Crippen LogP contribution in [-0.2, 0) is 9.59 Å². The number of benzene rings is 2. The Morgan fingerprint density at radius 2 is 1.96 bits per heavy atom. The molecule has 6 heteroatoms. The lowest BCUT2D eigenvalue weighted by Gasteiger charge is -2.16. The predicted molar refractivity (Wildman–Crippen MR) is 101 cm³/mol. The lowest BCUT2D eigenvalue weighted by atomic mass is 10.2. The Kier molecular flexibility index (Phi) is 5.24. The summed E-state index contributed by atoms with van der Waals surface area (Å²) >= 11 is 5.92. The number of carbonyl (C=O) groups is 2. The molecule has 2 N–H and O–H groups in total. The van der Waals surface area contributed by atoms with E-state index in [0.29, 0.717) is 17.1 Å². The highest BCUT2D eigenvalue weighted by molar-refractivity contribution is 6.30. The van der Waals surface area contributed by atoms with Gasteiger partial charge in [0.2, 0.25) is 11.8 Å². The van der Waals surface area contributed by atoms with Crippen molar-refractivity contribution < 1.29 is 9.59 Å². The molecule has 1 fully saturated rings. The molecular weight excluding hydrogens is 338 g/mol. The summed E-state index contributed by atoms with van der Waals surface area (Å²) in [5, 5.41) is 6.61. The number of halogens is 1. The molecule has 3 rings (SSSR count). The second-order valence-corrected chi connectivity index (χ2v) is 6.49. The number of carbonyl (C=O) groups excluding carboxylic acids is 2. The van der Waals surface area contributed by atoms with Gasteiger partial charge in [0.1, 0.15) is 0 Å². The summed E-state index contributed by atoms with van der Waals surface area (Å²) in [6, 6.07) is 12.8. The zero-order chi connectivity index (χ0) is 17.8. The van der Waals surface area contributed by atoms with Crippen molar-refractivity contribution in [1.29, 1.82) is 0 Å². The highest BCUT2D eigenvalue weighted by atomic mass is 35.5. The second kappa shape index (κ2) is 7.57. The summed E-state index contributed by atoms with van der Waals surface area (Å²) in [5.74, 6) is 0.0127. The molecule has 0 bridgehead atoms. The molecular formula is C19H20ClN3O2. The van der Waals surface area contributed by atoms with Crippen molar-refractivity contribution in [2.75, 3.05) is 28.6 Å². The van der Waals surface area contributed by atoms with Crippen LogP contribution < -0.4 is 15.5 Å². The minimum absolute atomic E-state index is 0.139. The number of amides is 2. The van der Waals surface area contributed by atoms with Crippen molar-refractivity contribution in [3.8, 4) is 0 Å². The van der Waals surface area contributed by atoms with Gasteiger partial charge in [0.25, 0.3) is 0 Å². The van der Waals surface area contributed by atoms with E-state index in [4.69, 9.17) is 11.6 Å². The SMILES string of the molecule is Cc1cc(Cl)ccc1NCC(=O)Nc1ccc(N2CCCC2=O)cc1. The van der Waals surface area contributed by atoms with E-state index in [9.17, 15) is 9.59 Å². The van der Waals surface area contributed by atoms with Gasteiger partial charge in [-0.2, -0.15) is 0 Å². The first kappa shape index (κ1) is 17.3. The zero-order valence-corrected chi connectivity index (χ0v) is 14.8. The molecule has 1 aliphatic rings. The molecule has 0 radical (unpaired) electrons. The zero-order valence-electron chi connectivity index (χ0n) is 14.0. The molecule has 130 valence electrons. The molecule has 0 saturated carbocycles. The number of hydrogen-bond acceptors (Lipinski definition) is 3. The number of anilines is 3. The van der Waals surface area contributed by atoms with Gasteiger partial charge in [-0.25, -0.2) is 0 Å². The lowest BCUT2D eigenvalue weighted by Crippen LogP contribution is -2.24. The predicted octanol–water partition coefficient (Wildman–Crippen LogP) is 3.83. The average Bonchev–Trinajstić information content (AvgIpc) is 3.01. The van der Waals surface area contributed by atoms with Crippen LogP contribution in [0.25, 0.3) is 0 Å². The fraction of sp³-hybridized carbons (Fsp3) is 0.263. The van der Waals surface area contributed by atoms with Crippen LogP contribution in [0.15, 0.2) is 42.5 Å². The summed E-state index contributed by atoms with van der Waals surface area (Å²) in [7, 11) is 0. The van der Waals surface area contributed by atoms with Gasteiger partial charge < -0.3 is 15.5 Å². The minimum atomic E-state index is -0.139. The fourth-order valence-electron chi connectivity index (χ4n) is 2.85. The summed E-state index contributed by atoms with van der Waals surface area (Å²) in [5.41, 5.74) is 3.44. The monoisotopic (exact) mass is 357 g/mol. The van der Waals surface area contributed by atoms with Crippen molar-refractivity contribution in [1.82, 2.24) is 0 Å². The molecule has 25 heavy (non-hydrogen) atoms. The molecule has 1 aliphatic heterocycles. The average molecular weight is 358 g/mol. The van der Waals surface area contributed by atoms with Crippen molar-refractivity contribution in [2.24, 2.45) is 0 Å². The van der Waals surface area contributed by atoms with Crippen LogP contribution in [0.4, 0.5) is 17.1 Å². The van der Waals surface area contributed by atoms with E-state index in [-0.39, 0.29) is 18.4 Å². The van der Waals surface area contributed by atoms with E-state index < -0.39 is 0 Å². The largest absolute Gasteiger partial charge is 0.376 e. The third-order valence-electron chi connectivity index (χ3n) is 4.16. The minimum Gasteiger partial charge on any atom is -0.376 e. The summed E-state index contributed by atoms with van der Waals surface area (Å²) < 4.78 is 0. The highest BCUT2D eigenvalue weighted by Gasteiger charge is 2.21. The molecule has 1 heterocycles. The maximum absolute atomic E-state index is 12.1. The van der Waals surface area contributed by atoms with Crippen molar-refractivity contribution in [3.05, 3.63) is 53.1 Å². The van der Waals surface area contributed by atoms with Crippen LogP contribution in [0.3, 0.4) is 0 Å². The first-order chi connectivity index (χ1) is 12.0. The Bertz CT molecular complexity index is 790. The number of aryl methyl sites for hydroxylation is 1. The molecule has 2 aromatic carbocycles. The van der Waals surface area contributed by atoms with Crippen LogP contribution in [0.1, 0.15) is 18.4 Å².